The van der Waals surface area contributed by atoms with E-state index in [2.05, 4.69) is 28.7 Å². The van der Waals surface area contributed by atoms with Gasteiger partial charge in [0, 0.05) is 24.3 Å². The number of hydrogen-bond acceptors (Lipinski definition) is 4. The fourth-order valence-corrected chi connectivity index (χ4v) is 2.67. The van der Waals surface area contributed by atoms with Crippen molar-refractivity contribution in [2.75, 3.05) is 0 Å². The molecule has 0 radical (unpaired) electrons. The van der Waals surface area contributed by atoms with Crippen molar-refractivity contribution in [3.05, 3.63) is 53.4 Å². The van der Waals surface area contributed by atoms with Crippen LogP contribution in [0, 0.1) is 0 Å². The Bertz CT molecular complexity index is 630. The molecule has 0 aliphatic carbocycles. The lowest BCUT2D eigenvalue weighted by molar-refractivity contribution is 0.546. The van der Waals surface area contributed by atoms with Crippen LogP contribution in [0.25, 0.3) is 10.2 Å². The summed E-state index contributed by atoms with van der Waals surface area (Å²) in [6.45, 7) is 2.96. The minimum atomic E-state index is 0.277. The van der Waals surface area contributed by atoms with Gasteiger partial charge in [0.05, 0.1) is 22.7 Å². The average Bonchev–Trinajstić information content (AvgIpc) is 3.05. The highest BCUT2D eigenvalue weighted by atomic mass is 32.1. The van der Waals surface area contributed by atoms with Crippen molar-refractivity contribution < 1.29 is 4.42 Å². The molecule has 1 atom stereocenters. The smallest absolute Gasteiger partial charge is 0.0947 e. The van der Waals surface area contributed by atoms with Crippen molar-refractivity contribution >= 4 is 21.6 Å². The third kappa shape index (κ3) is 2.30. The van der Waals surface area contributed by atoms with Gasteiger partial charge in [-0.3, -0.25) is 4.98 Å². The lowest BCUT2D eigenvalue weighted by Gasteiger charge is -2.13. The maximum absolute atomic E-state index is 5.05. The summed E-state index contributed by atoms with van der Waals surface area (Å²) in [5, 5.41) is 5.54. The Balaban J connectivity index is 1.72. The lowest BCUT2D eigenvalue weighted by atomic mass is 10.1. The number of nitrogens with one attached hydrogen (secondary N) is 1. The van der Waals surface area contributed by atoms with Crippen molar-refractivity contribution in [3.8, 4) is 0 Å². The van der Waals surface area contributed by atoms with Crippen molar-refractivity contribution in [3.63, 3.8) is 0 Å². The summed E-state index contributed by atoms with van der Waals surface area (Å²) >= 11 is 1.73. The van der Waals surface area contributed by atoms with Gasteiger partial charge in [0.25, 0.3) is 0 Å². The molecule has 0 aliphatic heterocycles. The van der Waals surface area contributed by atoms with Crippen LogP contribution in [-0.2, 0) is 6.54 Å². The van der Waals surface area contributed by atoms with Crippen LogP contribution >= 0.6 is 11.3 Å². The van der Waals surface area contributed by atoms with E-state index in [0.717, 1.165) is 17.6 Å². The molecule has 3 nitrogen and oxygen atoms in total. The summed E-state index contributed by atoms with van der Waals surface area (Å²) in [6.07, 6.45) is 5.41. The fraction of sp³-hybridized carbons (Fsp3) is 0.214. The average molecular weight is 258 g/mol. The molecule has 92 valence electrons. The van der Waals surface area contributed by atoms with Crippen LogP contribution in [0.2, 0.25) is 0 Å². The van der Waals surface area contributed by atoms with E-state index < -0.39 is 0 Å². The van der Waals surface area contributed by atoms with Crippen LogP contribution in [0.15, 0.2) is 46.7 Å². The quantitative estimate of drug-likeness (QED) is 0.774. The van der Waals surface area contributed by atoms with Crippen LogP contribution in [0.1, 0.15) is 24.1 Å². The Labute approximate surface area is 109 Å². The molecular formula is C14H14N2OS. The highest BCUT2D eigenvalue weighted by molar-refractivity contribution is 7.17. The van der Waals surface area contributed by atoms with Gasteiger partial charge in [-0.25, -0.2) is 0 Å². The minimum Gasteiger partial charge on any atom is -0.472 e. The Kier molecular flexibility index (Phi) is 3.13. The molecule has 1 N–H and O–H groups in total. The Hall–Kier alpha value is -1.65. The van der Waals surface area contributed by atoms with Crippen molar-refractivity contribution in [2.45, 2.75) is 19.5 Å². The maximum atomic E-state index is 5.05. The van der Waals surface area contributed by atoms with Crippen LogP contribution in [0.5, 0.6) is 0 Å². The van der Waals surface area contributed by atoms with Gasteiger partial charge in [-0.1, -0.05) is 0 Å². The molecular weight excluding hydrogens is 244 g/mol. The number of aromatic nitrogens is 1. The molecule has 3 aromatic heterocycles. The highest BCUT2D eigenvalue weighted by Crippen LogP contribution is 2.22. The summed E-state index contributed by atoms with van der Waals surface area (Å²) in [4.78, 5) is 4.46. The second kappa shape index (κ2) is 4.92. The summed E-state index contributed by atoms with van der Waals surface area (Å²) in [5.74, 6) is 0. The van der Waals surface area contributed by atoms with E-state index in [9.17, 15) is 0 Å². The third-order valence-electron chi connectivity index (χ3n) is 3.02. The molecule has 0 saturated carbocycles. The Morgan fingerprint density at radius 1 is 1.44 bits per heavy atom. The summed E-state index contributed by atoms with van der Waals surface area (Å²) in [5.41, 5.74) is 3.45. The Morgan fingerprint density at radius 2 is 2.39 bits per heavy atom. The molecule has 4 heteroatoms. The number of nitrogens with zero attached hydrogens (tertiary/aromatic N) is 1. The predicted octanol–water partition coefficient (Wildman–Crippen LogP) is 3.74. The fourth-order valence-electron chi connectivity index (χ4n) is 1.88. The number of furan rings is 1. The molecule has 0 fully saturated rings. The molecule has 1 unspecified atom stereocenters. The van der Waals surface area contributed by atoms with Gasteiger partial charge in [0.2, 0.25) is 0 Å². The number of thiophene rings is 1. The van der Waals surface area contributed by atoms with E-state index in [1.54, 1.807) is 23.9 Å². The first kappa shape index (κ1) is 11.4. The maximum Gasteiger partial charge on any atom is 0.0947 e. The van der Waals surface area contributed by atoms with E-state index in [1.807, 2.05) is 18.3 Å². The molecule has 0 amide bonds. The van der Waals surface area contributed by atoms with Gasteiger partial charge in [0.15, 0.2) is 0 Å². The molecule has 0 saturated heterocycles. The zero-order chi connectivity index (χ0) is 12.4. The number of rotatable bonds is 4. The van der Waals surface area contributed by atoms with E-state index in [-0.39, 0.29) is 6.04 Å². The number of hydrogen-bond donors (Lipinski definition) is 1. The van der Waals surface area contributed by atoms with Gasteiger partial charge in [0.1, 0.15) is 0 Å². The molecule has 3 aromatic rings. The van der Waals surface area contributed by atoms with Gasteiger partial charge in [-0.15, -0.1) is 11.3 Å². The normalized spacial score (nSPS) is 12.9. The van der Waals surface area contributed by atoms with Gasteiger partial charge >= 0.3 is 0 Å². The number of pyridine rings is 1. The van der Waals surface area contributed by atoms with Crippen LogP contribution in [-0.4, -0.2) is 4.98 Å². The molecule has 3 heterocycles. The standard InChI is InChI=1S/C14H14N2OS/c1-10(15-7-11-2-4-17-9-11)12-6-14-13(16-8-12)3-5-18-14/h2-6,8-10,15H,7H2,1H3. The zero-order valence-electron chi connectivity index (χ0n) is 10.1. The second-order valence-corrected chi connectivity index (χ2v) is 5.25. The second-order valence-electron chi connectivity index (χ2n) is 4.31. The van der Waals surface area contributed by atoms with Crippen molar-refractivity contribution in [1.82, 2.24) is 10.3 Å². The topological polar surface area (TPSA) is 38.1 Å². The van der Waals surface area contributed by atoms with Gasteiger partial charge in [-0.2, -0.15) is 0 Å². The summed E-state index contributed by atoms with van der Waals surface area (Å²) in [7, 11) is 0. The summed E-state index contributed by atoms with van der Waals surface area (Å²) < 4.78 is 6.29. The minimum absolute atomic E-state index is 0.277. The van der Waals surface area contributed by atoms with E-state index in [4.69, 9.17) is 4.42 Å². The first-order chi connectivity index (χ1) is 8.83. The first-order valence-electron chi connectivity index (χ1n) is 5.90. The third-order valence-corrected chi connectivity index (χ3v) is 3.87. The monoisotopic (exact) mass is 258 g/mol. The van der Waals surface area contributed by atoms with Crippen molar-refractivity contribution in [2.24, 2.45) is 0 Å². The molecule has 0 aromatic carbocycles. The van der Waals surface area contributed by atoms with Crippen molar-refractivity contribution in [1.29, 1.82) is 0 Å². The van der Waals surface area contributed by atoms with Gasteiger partial charge < -0.3 is 9.73 Å². The molecule has 3 rings (SSSR count). The number of fused-ring (bicyclic) bond motifs is 1. The molecule has 0 bridgehead atoms. The van der Waals surface area contributed by atoms with E-state index >= 15 is 0 Å². The van der Waals surface area contributed by atoms with E-state index in [1.165, 1.54) is 10.3 Å². The van der Waals surface area contributed by atoms with Gasteiger partial charge in [-0.05, 0) is 36.1 Å². The van der Waals surface area contributed by atoms with E-state index in [0.29, 0.717) is 0 Å². The Morgan fingerprint density at radius 3 is 3.22 bits per heavy atom. The largest absolute Gasteiger partial charge is 0.472 e. The SMILES string of the molecule is CC(NCc1ccoc1)c1cnc2ccsc2c1. The van der Waals surface area contributed by atoms with Crippen LogP contribution in [0.3, 0.4) is 0 Å². The molecule has 0 aliphatic rings. The molecule has 18 heavy (non-hydrogen) atoms. The van der Waals surface area contributed by atoms with Crippen LogP contribution in [0.4, 0.5) is 0 Å². The predicted molar refractivity (Wildman–Crippen MR) is 73.6 cm³/mol. The zero-order valence-corrected chi connectivity index (χ0v) is 10.9. The first-order valence-corrected chi connectivity index (χ1v) is 6.78. The lowest BCUT2D eigenvalue weighted by Crippen LogP contribution is -2.17. The van der Waals surface area contributed by atoms with Crippen LogP contribution < -0.4 is 5.32 Å². The highest BCUT2D eigenvalue weighted by Gasteiger charge is 2.07. The summed E-state index contributed by atoms with van der Waals surface area (Å²) in [6, 6.07) is 6.51. The molecule has 0 spiro atoms.